The molecule has 0 aliphatic carbocycles. The molecule has 0 unspecified atom stereocenters. The Morgan fingerprint density at radius 1 is 0.379 bits per heavy atom. The predicted molar refractivity (Wildman–Crippen MR) is 229 cm³/mol. The Kier molecular flexibility index (Phi) is 12.4. The average molecular weight is 1030 g/mol. The summed E-state index contributed by atoms with van der Waals surface area (Å²) in [6, 6.07) is 10.3. The number of fused-ring (bicyclic) bond motifs is 2. The number of benzene rings is 6. The number of hydrogen-bond donors (Lipinski definition) is 10. The Balaban J connectivity index is 1.36. The molecule has 0 amide bonds. The number of nitrogens with two attached hydrogens (primary N) is 2. The van der Waals surface area contributed by atoms with Crippen LogP contribution >= 0.6 is 0 Å². The fraction of sp³-hybridized carbons (Fsp3) is 0. The van der Waals surface area contributed by atoms with Crippen molar-refractivity contribution in [1.82, 2.24) is 0 Å². The van der Waals surface area contributed by atoms with Crippen LogP contribution < -0.4 is 11.5 Å². The van der Waals surface area contributed by atoms with Gasteiger partial charge in [-0.1, -0.05) is 36.4 Å². The standard InChI is InChI=1S/C34H26N6O20S6/c35-31-27(65(55,56)57)13-25(63(49,50)51)19-7-9-21(33(41)29(19)31)39-37-17-5-3-15(23(11-17)61(43,44)45)1-2-16-4-6-18(12-24(16)62(46,47)48)38-40-22-10-8-20-26(64(52,53)54)14-28(66(58,59)60)32(36)30(20)34(22)42/h1-14,41-42H,35-36H2,(H,43,44,45)(H,46,47,48)(H,49,50,51)(H,52,53,54)(H,55,56,57)(H,58,59,60). The largest absolute Gasteiger partial charge is 0.505 e. The summed E-state index contributed by atoms with van der Waals surface area (Å²) in [4.78, 5) is -6.26. The van der Waals surface area contributed by atoms with Gasteiger partial charge in [0, 0.05) is 10.8 Å². The van der Waals surface area contributed by atoms with Crippen molar-refractivity contribution in [3.8, 4) is 11.5 Å². The van der Waals surface area contributed by atoms with Crippen molar-refractivity contribution in [2.24, 2.45) is 20.5 Å². The van der Waals surface area contributed by atoms with E-state index in [2.05, 4.69) is 20.5 Å². The molecule has 0 spiro atoms. The number of azo groups is 2. The third kappa shape index (κ3) is 9.83. The lowest BCUT2D eigenvalue weighted by Crippen LogP contribution is -2.08. The summed E-state index contributed by atoms with van der Waals surface area (Å²) >= 11 is 0. The fourth-order valence-corrected chi connectivity index (χ4v) is 10.5. The van der Waals surface area contributed by atoms with Gasteiger partial charge in [-0.3, -0.25) is 27.3 Å². The van der Waals surface area contributed by atoms with E-state index >= 15 is 0 Å². The summed E-state index contributed by atoms with van der Waals surface area (Å²) < 4.78 is 204. The molecule has 6 aromatic rings. The van der Waals surface area contributed by atoms with E-state index in [1.54, 1.807) is 0 Å². The van der Waals surface area contributed by atoms with E-state index in [9.17, 15) is 88.0 Å². The summed E-state index contributed by atoms with van der Waals surface area (Å²) in [7, 11) is -31.1. The molecule has 0 aliphatic rings. The van der Waals surface area contributed by atoms with Crippen molar-refractivity contribution in [3.05, 3.63) is 83.9 Å². The molecule has 0 saturated heterocycles. The first kappa shape index (κ1) is 48.9. The molecule has 12 N–H and O–H groups in total. The summed E-state index contributed by atoms with van der Waals surface area (Å²) in [5.41, 5.74) is 7.52. The summed E-state index contributed by atoms with van der Waals surface area (Å²) in [5.74, 6) is -2.02. The SMILES string of the molecule is Nc1c(S(=O)(=O)O)cc(S(=O)(=O)O)c2ccc(N=Nc3ccc(C=Cc4ccc(N=Nc5ccc6c(S(=O)(=O)O)cc(S(=O)(=O)O)c(N)c6c5O)cc4S(=O)(=O)O)c(S(=O)(=O)O)c3)c(O)c12. The maximum absolute atomic E-state index is 12.4. The van der Waals surface area contributed by atoms with E-state index in [0.29, 0.717) is 12.1 Å². The molecule has 0 radical (unpaired) electrons. The van der Waals surface area contributed by atoms with Gasteiger partial charge in [-0.05, 0) is 59.7 Å². The molecule has 0 atom stereocenters. The Morgan fingerprint density at radius 3 is 0.970 bits per heavy atom. The monoisotopic (exact) mass is 1030 g/mol. The quantitative estimate of drug-likeness (QED) is 0.0332. The molecule has 6 aromatic carbocycles. The van der Waals surface area contributed by atoms with E-state index in [-0.39, 0.29) is 22.5 Å². The zero-order valence-electron chi connectivity index (χ0n) is 32.0. The Labute approximate surface area is 371 Å². The van der Waals surface area contributed by atoms with Gasteiger partial charge >= 0.3 is 0 Å². The highest BCUT2D eigenvalue weighted by Crippen LogP contribution is 2.45. The summed E-state index contributed by atoms with van der Waals surface area (Å²) in [6.07, 6.45) is 1.96. The van der Waals surface area contributed by atoms with Gasteiger partial charge in [0.2, 0.25) is 0 Å². The number of hydrogen-bond acceptors (Lipinski definition) is 20. The average Bonchev–Trinajstić information content (AvgIpc) is 3.17. The first-order valence-electron chi connectivity index (χ1n) is 17.0. The van der Waals surface area contributed by atoms with Gasteiger partial charge in [-0.2, -0.15) is 60.7 Å². The van der Waals surface area contributed by atoms with Gasteiger partial charge in [-0.25, -0.2) is 0 Å². The van der Waals surface area contributed by atoms with Crippen molar-refractivity contribution >= 4 is 129 Å². The molecule has 348 valence electrons. The van der Waals surface area contributed by atoms with Gasteiger partial charge in [0.15, 0.2) is 11.5 Å². The van der Waals surface area contributed by atoms with Crippen LogP contribution in [0.25, 0.3) is 33.7 Å². The number of phenols is 2. The predicted octanol–water partition coefficient (Wildman–Crippen LogP) is 5.05. The maximum Gasteiger partial charge on any atom is 0.296 e. The van der Waals surface area contributed by atoms with Crippen LogP contribution in [0.2, 0.25) is 0 Å². The number of nitrogen functional groups attached to an aromatic ring is 2. The number of phenolic OH excluding ortho intramolecular Hbond substituents is 2. The van der Waals surface area contributed by atoms with Crippen LogP contribution in [0.5, 0.6) is 11.5 Å². The minimum atomic E-state index is -5.23. The number of aromatic hydroxyl groups is 2. The number of nitrogens with zero attached hydrogens (tertiary/aromatic N) is 4. The first-order chi connectivity index (χ1) is 30.2. The smallest absolute Gasteiger partial charge is 0.296 e. The van der Waals surface area contributed by atoms with Crippen LogP contribution in [0.15, 0.2) is 123 Å². The van der Waals surface area contributed by atoms with E-state index in [1.807, 2.05) is 0 Å². The molecule has 0 aromatic heterocycles. The molecule has 26 nitrogen and oxygen atoms in total. The van der Waals surface area contributed by atoms with E-state index in [1.165, 1.54) is 0 Å². The minimum Gasteiger partial charge on any atom is -0.505 e. The van der Waals surface area contributed by atoms with Crippen molar-refractivity contribution in [3.63, 3.8) is 0 Å². The third-order valence-corrected chi connectivity index (χ3v) is 14.5. The normalized spacial score (nSPS) is 13.5. The minimum absolute atomic E-state index is 0.321. The second kappa shape index (κ2) is 16.7. The Bertz CT molecular complexity index is 3660. The molecule has 6 rings (SSSR count). The van der Waals surface area contributed by atoms with Crippen LogP contribution in [0.4, 0.5) is 34.1 Å². The van der Waals surface area contributed by atoms with Crippen LogP contribution in [0, 0.1) is 0 Å². The molecule has 66 heavy (non-hydrogen) atoms. The van der Waals surface area contributed by atoms with Crippen LogP contribution in [0.1, 0.15) is 11.1 Å². The first-order valence-corrected chi connectivity index (χ1v) is 25.6. The molecule has 0 fully saturated rings. The highest BCUT2D eigenvalue weighted by Gasteiger charge is 2.29. The topological polar surface area (TPSA) is 468 Å². The molecule has 0 saturated carbocycles. The van der Waals surface area contributed by atoms with Crippen LogP contribution in [-0.2, 0) is 60.7 Å². The van der Waals surface area contributed by atoms with E-state index in [0.717, 1.165) is 72.8 Å². The number of anilines is 2. The molecule has 0 aliphatic heterocycles. The van der Waals surface area contributed by atoms with E-state index < -0.39 is 146 Å². The van der Waals surface area contributed by atoms with Crippen molar-refractivity contribution < 1.29 is 88.0 Å². The molecular formula is C34H26N6O20S6. The van der Waals surface area contributed by atoms with Crippen LogP contribution in [-0.4, -0.2) is 88.0 Å². The summed E-state index contributed by atoms with van der Waals surface area (Å²) in [6.45, 7) is 0. The van der Waals surface area contributed by atoms with Gasteiger partial charge in [0.1, 0.15) is 40.7 Å². The van der Waals surface area contributed by atoms with Gasteiger partial charge < -0.3 is 21.7 Å². The molecule has 0 heterocycles. The molecule has 32 heteroatoms. The molecule has 0 bridgehead atoms. The maximum atomic E-state index is 12.4. The second-order valence-electron chi connectivity index (χ2n) is 13.3. The Hall–Kier alpha value is -6.56. The Morgan fingerprint density at radius 2 is 0.682 bits per heavy atom. The highest BCUT2D eigenvalue weighted by molar-refractivity contribution is 7.87. The van der Waals surface area contributed by atoms with Crippen molar-refractivity contribution in [1.29, 1.82) is 0 Å². The molecular weight excluding hydrogens is 1000 g/mol. The van der Waals surface area contributed by atoms with E-state index in [4.69, 9.17) is 11.5 Å². The number of rotatable bonds is 12. The van der Waals surface area contributed by atoms with Crippen molar-refractivity contribution in [2.45, 2.75) is 29.4 Å². The lowest BCUT2D eigenvalue weighted by molar-refractivity contribution is 0.476. The lowest BCUT2D eigenvalue weighted by Gasteiger charge is -2.13. The van der Waals surface area contributed by atoms with Gasteiger partial charge in [0.25, 0.3) is 60.7 Å². The lowest BCUT2D eigenvalue weighted by atomic mass is 10.1. The van der Waals surface area contributed by atoms with Gasteiger partial charge in [0.05, 0.1) is 33.5 Å². The second-order valence-corrected chi connectivity index (χ2v) is 21.7. The van der Waals surface area contributed by atoms with Gasteiger partial charge in [-0.15, -0.1) is 10.2 Å². The fourth-order valence-electron chi connectivity index (χ4n) is 6.22. The summed E-state index contributed by atoms with van der Waals surface area (Å²) in [5, 5.41) is 34.4. The van der Waals surface area contributed by atoms with Crippen molar-refractivity contribution in [2.75, 3.05) is 11.5 Å². The zero-order chi connectivity index (χ0) is 49.3. The third-order valence-electron chi connectivity index (χ3n) is 9.09. The van der Waals surface area contributed by atoms with Crippen LogP contribution in [0.3, 0.4) is 0 Å². The zero-order valence-corrected chi connectivity index (χ0v) is 36.9. The highest BCUT2D eigenvalue weighted by atomic mass is 32.2.